The second kappa shape index (κ2) is 5.94. The molecular formula is C12H16N4O2S. The van der Waals surface area contributed by atoms with Crippen molar-refractivity contribution in [3.63, 3.8) is 0 Å². The molecule has 0 radical (unpaired) electrons. The number of methoxy groups -OCH3 is 1. The molecule has 0 fully saturated rings. The molecule has 0 aliphatic carbocycles. The van der Waals surface area contributed by atoms with Gasteiger partial charge in [0.25, 0.3) is 5.56 Å². The summed E-state index contributed by atoms with van der Waals surface area (Å²) in [4.78, 5) is 12.4. The molecule has 7 heteroatoms. The molecule has 0 aromatic carbocycles. The van der Waals surface area contributed by atoms with Gasteiger partial charge in [0.05, 0.1) is 12.2 Å². The maximum atomic E-state index is 12.4. The topological polar surface area (TPSA) is 69.0 Å². The zero-order valence-electron chi connectivity index (χ0n) is 11.1. The van der Waals surface area contributed by atoms with Crippen LogP contribution in [0.5, 0.6) is 0 Å². The molecule has 0 saturated heterocycles. The zero-order valence-corrected chi connectivity index (χ0v) is 12.0. The Morgan fingerprint density at radius 1 is 1.42 bits per heavy atom. The van der Waals surface area contributed by atoms with Crippen molar-refractivity contribution < 1.29 is 4.74 Å². The van der Waals surface area contributed by atoms with Gasteiger partial charge in [0.15, 0.2) is 5.01 Å². The standard InChI is InChI=1S/C12H16N4O2S/c1-8-4-5-9(10-14-15-12(13-2)19-10)11(17)16(8)6-7-18-3/h4-5H,6-7H2,1-3H3,(H,13,15). The minimum atomic E-state index is -0.0594. The summed E-state index contributed by atoms with van der Waals surface area (Å²) in [6.45, 7) is 2.94. The third-order valence-electron chi connectivity index (χ3n) is 2.78. The lowest BCUT2D eigenvalue weighted by molar-refractivity contribution is 0.185. The van der Waals surface area contributed by atoms with Gasteiger partial charge >= 0.3 is 0 Å². The molecule has 1 N–H and O–H groups in total. The molecule has 0 aliphatic rings. The number of hydrogen-bond donors (Lipinski definition) is 1. The van der Waals surface area contributed by atoms with Crippen LogP contribution in [0.25, 0.3) is 10.6 Å². The number of anilines is 1. The lowest BCUT2D eigenvalue weighted by atomic mass is 10.2. The van der Waals surface area contributed by atoms with Gasteiger partial charge in [0.2, 0.25) is 5.13 Å². The summed E-state index contributed by atoms with van der Waals surface area (Å²) in [5, 5.41) is 12.2. The summed E-state index contributed by atoms with van der Waals surface area (Å²) in [6.07, 6.45) is 0. The maximum absolute atomic E-state index is 12.4. The molecule has 0 bridgehead atoms. The largest absolute Gasteiger partial charge is 0.383 e. The van der Waals surface area contributed by atoms with E-state index < -0.39 is 0 Å². The quantitative estimate of drug-likeness (QED) is 0.895. The van der Waals surface area contributed by atoms with Gasteiger partial charge in [-0.2, -0.15) is 0 Å². The Morgan fingerprint density at radius 2 is 2.21 bits per heavy atom. The van der Waals surface area contributed by atoms with Gasteiger partial charge in [-0.15, -0.1) is 10.2 Å². The molecule has 2 rings (SSSR count). The number of aryl methyl sites for hydroxylation is 1. The third kappa shape index (κ3) is 2.82. The van der Waals surface area contributed by atoms with Crippen LogP contribution in [-0.4, -0.2) is 35.5 Å². The number of nitrogens with zero attached hydrogens (tertiary/aromatic N) is 3. The van der Waals surface area contributed by atoms with E-state index in [-0.39, 0.29) is 5.56 Å². The van der Waals surface area contributed by atoms with Crippen LogP contribution in [0, 0.1) is 6.92 Å². The Bertz CT molecular complexity index is 620. The van der Waals surface area contributed by atoms with Crippen molar-refractivity contribution in [3.05, 3.63) is 28.2 Å². The summed E-state index contributed by atoms with van der Waals surface area (Å²) in [6, 6.07) is 3.70. The van der Waals surface area contributed by atoms with Crippen molar-refractivity contribution >= 4 is 16.5 Å². The van der Waals surface area contributed by atoms with Gasteiger partial charge in [-0.25, -0.2) is 0 Å². The molecule has 0 spiro atoms. The molecule has 6 nitrogen and oxygen atoms in total. The number of aromatic nitrogens is 3. The van der Waals surface area contributed by atoms with E-state index in [4.69, 9.17) is 4.74 Å². The zero-order chi connectivity index (χ0) is 13.8. The predicted molar refractivity (Wildman–Crippen MR) is 75.8 cm³/mol. The molecule has 2 aromatic heterocycles. The van der Waals surface area contributed by atoms with Gasteiger partial charge in [-0.1, -0.05) is 11.3 Å². The van der Waals surface area contributed by atoms with Crippen molar-refractivity contribution in [2.45, 2.75) is 13.5 Å². The number of ether oxygens (including phenoxy) is 1. The Balaban J connectivity index is 2.44. The highest BCUT2D eigenvalue weighted by Gasteiger charge is 2.12. The van der Waals surface area contributed by atoms with Crippen LogP contribution in [0.4, 0.5) is 5.13 Å². The normalized spacial score (nSPS) is 10.7. The average Bonchev–Trinajstić information content (AvgIpc) is 2.87. The summed E-state index contributed by atoms with van der Waals surface area (Å²) in [7, 11) is 3.39. The molecule has 19 heavy (non-hydrogen) atoms. The van der Waals surface area contributed by atoms with Gasteiger partial charge in [0, 0.05) is 26.4 Å². The lowest BCUT2D eigenvalue weighted by Gasteiger charge is -2.10. The number of pyridine rings is 1. The Kier molecular flexibility index (Phi) is 4.28. The van der Waals surface area contributed by atoms with Crippen molar-refractivity contribution in [2.75, 3.05) is 26.1 Å². The van der Waals surface area contributed by atoms with Gasteiger partial charge in [0.1, 0.15) is 0 Å². The van der Waals surface area contributed by atoms with Crippen molar-refractivity contribution in [1.82, 2.24) is 14.8 Å². The SMILES string of the molecule is CNc1nnc(-c2ccc(C)n(CCOC)c2=O)s1. The molecule has 102 valence electrons. The highest BCUT2D eigenvalue weighted by atomic mass is 32.1. The minimum absolute atomic E-state index is 0.0594. The minimum Gasteiger partial charge on any atom is -0.383 e. The van der Waals surface area contributed by atoms with E-state index in [1.807, 2.05) is 13.0 Å². The van der Waals surface area contributed by atoms with Crippen molar-refractivity contribution in [2.24, 2.45) is 0 Å². The van der Waals surface area contributed by atoms with E-state index in [0.29, 0.717) is 28.9 Å². The number of rotatable bonds is 5. The fraction of sp³-hybridized carbons (Fsp3) is 0.417. The molecule has 2 aromatic rings. The molecule has 0 unspecified atom stereocenters. The van der Waals surface area contributed by atoms with Gasteiger partial charge in [-0.3, -0.25) is 4.79 Å². The van der Waals surface area contributed by atoms with Gasteiger partial charge in [-0.05, 0) is 19.1 Å². The fourth-order valence-electron chi connectivity index (χ4n) is 1.73. The van der Waals surface area contributed by atoms with E-state index in [1.54, 1.807) is 24.8 Å². The van der Waals surface area contributed by atoms with E-state index in [1.165, 1.54) is 11.3 Å². The van der Waals surface area contributed by atoms with Crippen LogP contribution in [-0.2, 0) is 11.3 Å². The third-order valence-corrected chi connectivity index (χ3v) is 3.75. The second-order valence-electron chi connectivity index (χ2n) is 4.00. The van der Waals surface area contributed by atoms with Crippen molar-refractivity contribution in [3.8, 4) is 10.6 Å². The highest BCUT2D eigenvalue weighted by Crippen LogP contribution is 2.23. The highest BCUT2D eigenvalue weighted by molar-refractivity contribution is 7.18. The molecule has 0 amide bonds. The Hall–Kier alpha value is -1.73. The van der Waals surface area contributed by atoms with Crippen molar-refractivity contribution in [1.29, 1.82) is 0 Å². The smallest absolute Gasteiger partial charge is 0.261 e. The first kappa shape index (κ1) is 13.7. The summed E-state index contributed by atoms with van der Waals surface area (Å²) >= 11 is 1.36. The Labute approximate surface area is 115 Å². The van der Waals surface area contributed by atoms with E-state index in [2.05, 4.69) is 15.5 Å². The van der Waals surface area contributed by atoms with E-state index in [0.717, 1.165) is 5.69 Å². The first-order chi connectivity index (χ1) is 9.17. The Morgan fingerprint density at radius 3 is 2.84 bits per heavy atom. The fourth-order valence-corrected chi connectivity index (χ4v) is 2.44. The van der Waals surface area contributed by atoms with Gasteiger partial charge < -0.3 is 14.6 Å². The number of hydrogen-bond acceptors (Lipinski definition) is 6. The van der Waals surface area contributed by atoms with E-state index >= 15 is 0 Å². The lowest BCUT2D eigenvalue weighted by Crippen LogP contribution is -2.25. The van der Waals surface area contributed by atoms with Crippen LogP contribution in [0.15, 0.2) is 16.9 Å². The second-order valence-corrected chi connectivity index (χ2v) is 4.98. The molecule has 0 saturated carbocycles. The predicted octanol–water partition coefficient (Wildman–Crippen LogP) is 1.36. The molecule has 2 heterocycles. The monoisotopic (exact) mass is 280 g/mol. The summed E-state index contributed by atoms with van der Waals surface area (Å²) < 4.78 is 6.72. The molecule has 0 atom stereocenters. The van der Waals surface area contributed by atoms with Crippen LogP contribution in [0.3, 0.4) is 0 Å². The van der Waals surface area contributed by atoms with Crippen LogP contribution in [0.2, 0.25) is 0 Å². The maximum Gasteiger partial charge on any atom is 0.261 e. The number of nitrogens with one attached hydrogen (secondary N) is 1. The van der Waals surface area contributed by atoms with Crippen LogP contribution < -0.4 is 10.9 Å². The van der Waals surface area contributed by atoms with Crippen LogP contribution in [0.1, 0.15) is 5.69 Å². The molecular weight excluding hydrogens is 264 g/mol. The average molecular weight is 280 g/mol. The summed E-state index contributed by atoms with van der Waals surface area (Å²) in [5.41, 5.74) is 1.42. The van der Waals surface area contributed by atoms with Crippen LogP contribution >= 0.6 is 11.3 Å². The molecule has 0 aliphatic heterocycles. The van der Waals surface area contributed by atoms with E-state index in [9.17, 15) is 4.79 Å². The first-order valence-electron chi connectivity index (χ1n) is 5.88. The summed E-state index contributed by atoms with van der Waals surface area (Å²) in [5.74, 6) is 0. The first-order valence-corrected chi connectivity index (χ1v) is 6.70.